The molecule has 5 heteroatoms. The molecule has 1 saturated heterocycles. The van der Waals surface area contributed by atoms with Crippen molar-refractivity contribution in [2.24, 2.45) is 5.92 Å². The molecule has 1 aromatic rings. The maximum Gasteiger partial charge on any atom is 0.227 e. The summed E-state index contributed by atoms with van der Waals surface area (Å²) in [5.41, 5.74) is 1.37. The molecule has 4 nitrogen and oxygen atoms in total. The number of amides is 1. The van der Waals surface area contributed by atoms with E-state index < -0.39 is 0 Å². The van der Waals surface area contributed by atoms with E-state index in [2.05, 4.69) is 10.6 Å². The number of piperidine rings is 1. The third-order valence-corrected chi connectivity index (χ3v) is 3.48. The van der Waals surface area contributed by atoms with Gasteiger partial charge in [0, 0.05) is 23.6 Å². The largest absolute Gasteiger partial charge is 0.326 e. The topological polar surface area (TPSA) is 58.2 Å². The molecule has 0 bridgehead atoms. The molecular weight excluding hydrogens is 276 g/mol. The number of halogens is 1. The van der Waals surface area contributed by atoms with E-state index in [0.29, 0.717) is 17.7 Å². The molecule has 1 aliphatic rings. The first kappa shape index (κ1) is 16.7. The average molecular weight is 297 g/mol. The normalized spacial score (nSPS) is 15.2. The zero-order valence-corrected chi connectivity index (χ0v) is 12.5. The Labute approximate surface area is 125 Å². The number of rotatable bonds is 4. The Morgan fingerprint density at radius 3 is 2.65 bits per heavy atom. The molecule has 1 heterocycles. The summed E-state index contributed by atoms with van der Waals surface area (Å²) in [7, 11) is 0. The Morgan fingerprint density at radius 1 is 1.30 bits per heavy atom. The summed E-state index contributed by atoms with van der Waals surface area (Å²) in [6, 6.07) is 7.17. The zero-order valence-electron chi connectivity index (χ0n) is 11.6. The van der Waals surface area contributed by atoms with Crippen molar-refractivity contribution in [2.75, 3.05) is 18.4 Å². The van der Waals surface area contributed by atoms with Crippen LogP contribution < -0.4 is 10.6 Å². The fraction of sp³-hybridized carbons (Fsp3) is 0.467. The van der Waals surface area contributed by atoms with Crippen LogP contribution in [0, 0.1) is 5.92 Å². The van der Waals surface area contributed by atoms with E-state index in [1.165, 1.54) is 0 Å². The molecule has 1 fully saturated rings. The average Bonchev–Trinajstić information content (AvgIpc) is 2.47. The lowest BCUT2D eigenvalue weighted by molar-refractivity contribution is -0.120. The van der Waals surface area contributed by atoms with E-state index in [1.807, 2.05) is 13.0 Å². The van der Waals surface area contributed by atoms with Gasteiger partial charge in [0.15, 0.2) is 5.78 Å². The van der Waals surface area contributed by atoms with Crippen LogP contribution in [0.15, 0.2) is 24.3 Å². The summed E-state index contributed by atoms with van der Waals surface area (Å²) in [5, 5.41) is 6.15. The molecule has 0 radical (unpaired) electrons. The highest BCUT2D eigenvalue weighted by molar-refractivity contribution is 5.98. The third kappa shape index (κ3) is 4.32. The molecule has 0 spiro atoms. The van der Waals surface area contributed by atoms with Gasteiger partial charge in [-0.05, 0) is 38.1 Å². The Hall–Kier alpha value is -1.39. The summed E-state index contributed by atoms with van der Waals surface area (Å²) < 4.78 is 0. The fourth-order valence-electron chi connectivity index (χ4n) is 2.30. The quantitative estimate of drug-likeness (QED) is 0.840. The second-order valence-corrected chi connectivity index (χ2v) is 4.87. The van der Waals surface area contributed by atoms with Crippen LogP contribution in [-0.4, -0.2) is 24.8 Å². The molecule has 1 amide bonds. The van der Waals surface area contributed by atoms with Gasteiger partial charge in [-0.25, -0.2) is 0 Å². The highest BCUT2D eigenvalue weighted by Gasteiger charge is 2.20. The highest BCUT2D eigenvalue weighted by Crippen LogP contribution is 2.17. The predicted molar refractivity (Wildman–Crippen MR) is 82.5 cm³/mol. The van der Waals surface area contributed by atoms with Gasteiger partial charge >= 0.3 is 0 Å². The molecule has 0 aromatic heterocycles. The standard InChI is InChI=1S/C15H20N2O2.ClH/c1-2-14(18)12-4-3-5-13(10-12)17-15(19)11-6-8-16-9-7-11;/h3-5,10-11,16H,2,6-9H2,1H3,(H,17,19);1H. The molecule has 1 aliphatic heterocycles. The van der Waals surface area contributed by atoms with Gasteiger partial charge in [-0.1, -0.05) is 19.1 Å². The predicted octanol–water partition coefficient (Wildman–Crippen LogP) is 2.64. The molecule has 0 saturated carbocycles. The van der Waals surface area contributed by atoms with Crippen molar-refractivity contribution < 1.29 is 9.59 Å². The van der Waals surface area contributed by atoms with Crippen LogP contribution in [-0.2, 0) is 4.79 Å². The van der Waals surface area contributed by atoms with Crippen LogP contribution in [0.3, 0.4) is 0 Å². The van der Waals surface area contributed by atoms with E-state index >= 15 is 0 Å². The first-order valence-electron chi connectivity index (χ1n) is 6.85. The van der Waals surface area contributed by atoms with Crippen molar-refractivity contribution in [3.05, 3.63) is 29.8 Å². The number of hydrogen-bond acceptors (Lipinski definition) is 3. The number of carbonyl (C=O) groups is 2. The lowest BCUT2D eigenvalue weighted by Gasteiger charge is -2.21. The monoisotopic (exact) mass is 296 g/mol. The number of anilines is 1. The van der Waals surface area contributed by atoms with Crippen LogP contribution in [0.2, 0.25) is 0 Å². The smallest absolute Gasteiger partial charge is 0.227 e. The number of ketones is 1. The maximum absolute atomic E-state index is 12.1. The minimum absolute atomic E-state index is 0. The first-order chi connectivity index (χ1) is 9.20. The van der Waals surface area contributed by atoms with Gasteiger partial charge in [-0.15, -0.1) is 12.4 Å². The van der Waals surface area contributed by atoms with E-state index in [0.717, 1.165) is 25.9 Å². The van der Waals surface area contributed by atoms with Gasteiger partial charge in [0.25, 0.3) is 0 Å². The molecule has 110 valence electrons. The third-order valence-electron chi connectivity index (χ3n) is 3.48. The van der Waals surface area contributed by atoms with Crippen molar-refractivity contribution in [1.82, 2.24) is 5.32 Å². The number of hydrogen-bond donors (Lipinski definition) is 2. The Balaban J connectivity index is 0.00000200. The Bertz CT molecular complexity index is 471. The minimum atomic E-state index is 0. The molecule has 0 atom stereocenters. The SMILES string of the molecule is CCC(=O)c1cccc(NC(=O)C2CCNCC2)c1.Cl. The van der Waals surface area contributed by atoms with Crippen molar-refractivity contribution in [1.29, 1.82) is 0 Å². The second-order valence-electron chi connectivity index (χ2n) is 4.87. The van der Waals surface area contributed by atoms with Gasteiger partial charge < -0.3 is 10.6 Å². The summed E-state index contributed by atoms with van der Waals surface area (Å²) in [4.78, 5) is 23.7. The van der Waals surface area contributed by atoms with Crippen LogP contribution in [0.1, 0.15) is 36.5 Å². The molecule has 2 rings (SSSR count). The number of Topliss-reactive ketones (excluding diaryl/α,β-unsaturated/α-hetero) is 1. The lowest BCUT2D eigenvalue weighted by Crippen LogP contribution is -2.34. The van der Waals surface area contributed by atoms with Crippen LogP contribution in [0.5, 0.6) is 0 Å². The van der Waals surface area contributed by atoms with Crippen LogP contribution >= 0.6 is 12.4 Å². The summed E-state index contributed by atoms with van der Waals surface area (Å²) in [6.45, 7) is 3.63. The summed E-state index contributed by atoms with van der Waals surface area (Å²) >= 11 is 0. The van der Waals surface area contributed by atoms with E-state index in [4.69, 9.17) is 0 Å². The van der Waals surface area contributed by atoms with Crippen molar-refractivity contribution in [2.45, 2.75) is 26.2 Å². The number of benzene rings is 1. The molecule has 20 heavy (non-hydrogen) atoms. The maximum atomic E-state index is 12.1. The first-order valence-corrected chi connectivity index (χ1v) is 6.85. The molecule has 1 aromatic carbocycles. The number of carbonyl (C=O) groups excluding carboxylic acids is 2. The van der Waals surface area contributed by atoms with Gasteiger partial charge in [0.05, 0.1) is 0 Å². The second kappa shape index (κ2) is 8.02. The van der Waals surface area contributed by atoms with Crippen LogP contribution in [0.4, 0.5) is 5.69 Å². The van der Waals surface area contributed by atoms with E-state index in [9.17, 15) is 9.59 Å². The Kier molecular flexibility index (Phi) is 6.68. The summed E-state index contributed by atoms with van der Waals surface area (Å²) in [5.74, 6) is 0.229. The number of nitrogens with one attached hydrogen (secondary N) is 2. The van der Waals surface area contributed by atoms with Crippen molar-refractivity contribution in [3.8, 4) is 0 Å². The molecular formula is C15H21ClN2O2. The van der Waals surface area contributed by atoms with E-state index in [-0.39, 0.29) is 30.0 Å². The molecule has 2 N–H and O–H groups in total. The van der Waals surface area contributed by atoms with Crippen molar-refractivity contribution in [3.63, 3.8) is 0 Å². The lowest BCUT2D eigenvalue weighted by atomic mass is 9.97. The Morgan fingerprint density at radius 2 is 2.00 bits per heavy atom. The molecule has 0 aliphatic carbocycles. The van der Waals surface area contributed by atoms with Crippen LogP contribution in [0.25, 0.3) is 0 Å². The summed E-state index contributed by atoms with van der Waals surface area (Å²) in [6.07, 6.45) is 2.23. The van der Waals surface area contributed by atoms with Gasteiger partial charge in [-0.3, -0.25) is 9.59 Å². The van der Waals surface area contributed by atoms with Crippen molar-refractivity contribution >= 4 is 29.8 Å². The van der Waals surface area contributed by atoms with E-state index in [1.54, 1.807) is 18.2 Å². The van der Waals surface area contributed by atoms with Gasteiger partial charge in [-0.2, -0.15) is 0 Å². The fourth-order valence-corrected chi connectivity index (χ4v) is 2.30. The molecule has 0 unspecified atom stereocenters. The zero-order chi connectivity index (χ0) is 13.7. The van der Waals surface area contributed by atoms with Gasteiger partial charge in [0.1, 0.15) is 0 Å². The van der Waals surface area contributed by atoms with Gasteiger partial charge in [0.2, 0.25) is 5.91 Å². The highest BCUT2D eigenvalue weighted by atomic mass is 35.5. The minimum Gasteiger partial charge on any atom is -0.326 e.